The first-order valence-electron chi connectivity index (χ1n) is 6.32. The van der Waals surface area contributed by atoms with Gasteiger partial charge in [-0.2, -0.15) is 4.31 Å². The smallest absolute Gasteiger partial charge is 0.207 e. The Labute approximate surface area is 135 Å². The molecule has 0 amide bonds. The van der Waals surface area contributed by atoms with E-state index in [4.69, 9.17) is 23.2 Å². The van der Waals surface area contributed by atoms with E-state index in [-0.39, 0.29) is 16.0 Å². The minimum atomic E-state index is -3.72. The van der Waals surface area contributed by atoms with E-state index in [2.05, 4.69) is 0 Å². The molecule has 21 heavy (non-hydrogen) atoms. The van der Waals surface area contributed by atoms with Crippen LogP contribution in [0.4, 0.5) is 0 Å². The SMILES string of the molecule is CC(c1ccccc1)N(C)S(=O)(=O)c1cc(Cl)ccc1Cl. The zero-order valence-electron chi connectivity index (χ0n) is 11.6. The highest BCUT2D eigenvalue weighted by Crippen LogP contribution is 2.31. The molecule has 0 saturated heterocycles. The van der Waals surface area contributed by atoms with Crippen LogP contribution in [0.5, 0.6) is 0 Å². The van der Waals surface area contributed by atoms with Crippen LogP contribution >= 0.6 is 23.2 Å². The van der Waals surface area contributed by atoms with Crippen LogP contribution < -0.4 is 0 Å². The third kappa shape index (κ3) is 3.40. The van der Waals surface area contributed by atoms with E-state index in [1.807, 2.05) is 37.3 Å². The average molecular weight is 344 g/mol. The van der Waals surface area contributed by atoms with Crippen molar-refractivity contribution in [2.24, 2.45) is 0 Å². The molecule has 0 saturated carbocycles. The van der Waals surface area contributed by atoms with Gasteiger partial charge in [-0.05, 0) is 30.7 Å². The van der Waals surface area contributed by atoms with Crippen LogP contribution in [-0.2, 0) is 10.0 Å². The molecular weight excluding hydrogens is 329 g/mol. The maximum absolute atomic E-state index is 12.7. The highest BCUT2D eigenvalue weighted by molar-refractivity contribution is 7.89. The Morgan fingerprint density at radius 2 is 1.67 bits per heavy atom. The number of halogens is 2. The van der Waals surface area contributed by atoms with Crippen LogP contribution in [0, 0.1) is 0 Å². The molecule has 0 N–H and O–H groups in total. The molecule has 0 aromatic heterocycles. The lowest BCUT2D eigenvalue weighted by Gasteiger charge is -2.25. The molecule has 2 aromatic carbocycles. The van der Waals surface area contributed by atoms with Crippen molar-refractivity contribution in [2.75, 3.05) is 7.05 Å². The first-order valence-corrected chi connectivity index (χ1v) is 8.51. The number of hydrogen-bond donors (Lipinski definition) is 0. The molecule has 0 aliphatic heterocycles. The van der Waals surface area contributed by atoms with Crippen LogP contribution in [0.3, 0.4) is 0 Å². The third-order valence-corrected chi connectivity index (χ3v) is 6.02. The quantitative estimate of drug-likeness (QED) is 0.826. The fourth-order valence-corrected chi connectivity index (χ4v) is 4.07. The van der Waals surface area contributed by atoms with Gasteiger partial charge in [0.15, 0.2) is 0 Å². The summed E-state index contributed by atoms with van der Waals surface area (Å²) in [5, 5.41) is 0.491. The summed E-state index contributed by atoms with van der Waals surface area (Å²) in [6.07, 6.45) is 0. The van der Waals surface area contributed by atoms with Crippen molar-refractivity contribution >= 4 is 33.2 Å². The van der Waals surface area contributed by atoms with Crippen LogP contribution in [0.15, 0.2) is 53.4 Å². The fourth-order valence-electron chi connectivity index (χ4n) is 1.98. The maximum atomic E-state index is 12.7. The fraction of sp³-hybridized carbons (Fsp3) is 0.200. The molecular formula is C15H15Cl2NO2S. The van der Waals surface area contributed by atoms with Gasteiger partial charge in [-0.1, -0.05) is 53.5 Å². The number of sulfonamides is 1. The van der Waals surface area contributed by atoms with Crippen LogP contribution in [0.2, 0.25) is 10.0 Å². The van der Waals surface area contributed by atoms with Gasteiger partial charge in [0.25, 0.3) is 0 Å². The normalized spacial score (nSPS) is 13.4. The molecule has 0 aliphatic rings. The van der Waals surface area contributed by atoms with Gasteiger partial charge in [-0.25, -0.2) is 8.42 Å². The van der Waals surface area contributed by atoms with E-state index in [1.165, 1.54) is 23.5 Å². The predicted octanol–water partition coefficient (Wildman–Crippen LogP) is 4.38. The van der Waals surface area contributed by atoms with Crippen LogP contribution in [0.25, 0.3) is 0 Å². The van der Waals surface area contributed by atoms with Gasteiger partial charge < -0.3 is 0 Å². The molecule has 6 heteroatoms. The number of nitrogens with zero attached hydrogens (tertiary/aromatic N) is 1. The maximum Gasteiger partial charge on any atom is 0.244 e. The molecule has 0 aliphatic carbocycles. The Morgan fingerprint density at radius 3 is 2.29 bits per heavy atom. The van der Waals surface area contributed by atoms with Gasteiger partial charge in [0.1, 0.15) is 4.90 Å². The zero-order chi connectivity index (χ0) is 15.6. The summed E-state index contributed by atoms with van der Waals surface area (Å²) in [5.74, 6) is 0. The van der Waals surface area contributed by atoms with E-state index in [1.54, 1.807) is 6.07 Å². The average Bonchev–Trinajstić information content (AvgIpc) is 2.49. The lowest BCUT2D eigenvalue weighted by molar-refractivity contribution is 0.398. The van der Waals surface area contributed by atoms with Crippen LogP contribution in [-0.4, -0.2) is 19.8 Å². The minimum absolute atomic E-state index is 0.0157. The second-order valence-electron chi connectivity index (χ2n) is 4.68. The molecule has 0 spiro atoms. The predicted molar refractivity (Wildman–Crippen MR) is 86.3 cm³/mol. The molecule has 112 valence electrons. The third-order valence-electron chi connectivity index (χ3n) is 3.38. The Bertz CT molecular complexity index is 733. The van der Waals surface area contributed by atoms with E-state index < -0.39 is 10.0 Å². The van der Waals surface area contributed by atoms with Crippen molar-refractivity contribution in [3.8, 4) is 0 Å². The zero-order valence-corrected chi connectivity index (χ0v) is 14.0. The molecule has 1 atom stereocenters. The van der Waals surface area contributed by atoms with E-state index in [0.717, 1.165) is 5.56 Å². The highest BCUT2D eigenvalue weighted by atomic mass is 35.5. The molecule has 3 nitrogen and oxygen atoms in total. The van der Waals surface area contributed by atoms with E-state index in [0.29, 0.717) is 5.02 Å². The Hall–Kier alpha value is -1.07. The molecule has 0 fully saturated rings. The first kappa shape index (κ1) is 16.3. The lowest BCUT2D eigenvalue weighted by Crippen LogP contribution is -2.30. The second-order valence-corrected chi connectivity index (χ2v) is 7.49. The topological polar surface area (TPSA) is 37.4 Å². The van der Waals surface area contributed by atoms with Gasteiger partial charge in [0, 0.05) is 18.1 Å². The number of hydrogen-bond acceptors (Lipinski definition) is 2. The second kappa shape index (κ2) is 6.36. The van der Waals surface area contributed by atoms with Crippen molar-refractivity contribution in [1.29, 1.82) is 0 Å². The summed E-state index contributed by atoms with van der Waals surface area (Å²) in [7, 11) is -2.19. The van der Waals surface area contributed by atoms with Crippen molar-refractivity contribution in [1.82, 2.24) is 4.31 Å². The summed E-state index contributed by atoms with van der Waals surface area (Å²) >= 11 is 11.9. The molecule has 0 radical (unpaired) electrons. The molecule has 1 unspecified atom stereocenters. The first-order chi connectivity index (χ1) is 9.84. The Kier molecular flexibility index (Phi) is 4.94. The standard InChI is InChI=1S/C15H15Cl2NO2S/c1-11(12-6-4-3-5-7-12)18(2)21(19,20)15-10-13(16)8-9-14(15)17/h3-11H,1-2H3. The minimum Gasteiger partial charge on any atom is -0.207 e. The van der Waals surface area contributed by atoms with Gasteiger partial charge in [-0.15, -0.1) is 0 Å². The van der Waals surface area contributed by atoms with Crippen molar-refractivity contribution in [2.45, 2.75) is 17.9 Å². The number of rotatable bonds is 4. The Balaban J connectivity index is 2.41. The molecule has 0 heterocycles. The van der Waals surface area contributed by atoms with Crippen molar-refractivity contribution in [3.05, 3.63) is 64.1 Å². The van der Waals surface area contributed by atoms with Gasteiger partial charge in [0.05, 0.1) is 5.02 Å². The van der Waals surface area contributed by atoms with Crippen LogP contribution in [0.1, 0.15) is 18.5 Å². The molecule has 0 bridgehead atoms. The summed E-state index contributed by atoms with van der Waals surface area (Å²) in [6.45, 7) is 1.82. The van der Waals surface area contributed by atoms with Crippen molar-refractivity contribution in [3.63, 3.8) is 0 Å². The summed E-state index contributed by atoms with van der Waals surface area (Å²) in [5.41, 5.74) is 0.904. The van der Waals surface area contributed by atoms with Gasteiger partial charge in [-0.3, -0.25) is 0 Å². The van der Waals surface area contributed by atoms with Crippen molar-refractivity contribution < 1.29 is 8.42 Å². The van der Waals surface area contributed by atoms with Gasteiger partial charge >= 0.3 is 0 Å². The monoisotopic (exact) mass is 343 g/mol. The Morgan fingerprint density at radius 1 is 1.05 bits per heavy atom. The summed E-state index contributed by atoms with van der Waals surface area (Å²) in [4.78, 5) is 0.0157. The summed E-state index contributed by atoms with van der Waals surface area (Å²) in [6, 6.07) is 13.5. The number of benzene rings is 2. The molecule has 2 rings (SSSR count). The highest BCUT2D eigenvalue weighted by Gasteiger charge is 2.28. The lowest BCUT2D eigenvalue weighted by atomic mass is 10.1. The van der Waals surface area contributed by atoms with Gasteiger partial charge in [0.2, 0.25) is 10.0 Å². The van der Waals surface area contributed by atoms with E-state index in [9.17, 15) is 8.42 Å². The van der Waals surface area contributed by atoms with E-state index >= 15 is 0 Å². The largest absolute Gasteiger partial charge is 0.244 e. The molecule has 2 aromatic rings. The summed E-state index contributed by atoms with van der Waals surface area (Å²) < 4.78 is 26.7.